The lowest BCUT2D eigenvalue weighted by molar-refractivity contribution is 0.337. The highest BCUT2D eigenvalue weighted by molar-refractivity contribution is 5.45. The van der Waals surface area contributed by atoms with E-state index in [4.69, 9.17) is 4.74 Å². The molecule has 0 aromatic heterocycles. The number of hydrogen-bond acceptors (Lipinski definition) is 2. The van der Waals surface area contributed by atoms with Crippen LogP contribution < -0.4 is 10.1 Å². The van der Waals surface area contributed by atoms with Crippen molar-refractivity contribution >= 4 is 0 Å². The van der Waals surface area contributed by atoms with Gasteiger partial charge in [0.05, 0.1) is 7.11 Å². The quantitative estimate of drug-likeness (QED) is 0.856. The molecule has 2 atom stereocenters. The summed E-state index contributed by atoms with van der Waals surface area (Å²) in [7, 11) is 1.82. The van der Waals surface area contributed by atoms with Crippen LogP contribution in [0.4, 0.5) is 0 Å². The maximum Gasteiger partial charge on any atom is 0.122 e. The Bertz CT molecular complexity index is 490. The molecule has 1 N–H and O–H groups in total. The minimum atomic E-state index is 0.662. The summed E-state index contributed by atoms with van der Waals surface area (Å²) in [4.78, 5) is 0. The molecule has 3 aliphatic rings. The van der Waals surface area contributed by atoms with Gasteiger partial charge < -0.3 is 10.1 Å². The summed E-state index contributed by atoms with van der Waals surface area (Å²) in [6, 6.07) is 7.29. The standard InChI is InChI=1S/C19H27NO/c1-21-18-4-2-3-15-9-10-17(20-12-14-7-8-14)16(19(15)18)11-13-5-6-13/h2-4,13-14,16-17,20H,5-12H2,1H3/t16-,17-/m1/s1. The molecule has 1 aromatic carbocycles. The molecular formula is C19H27NO. The van der Waals surface area contributed by atoms with E-state index in [-0.39, 0.29) is 0 Å². The van der Waals surface area contributed by atoms with E-state index in [1.54, 1.807) is 0 Å². The maximum atomic E-state index is 5.70. The van der Waals surface area contributed by atoms with Crippen molar-refractivity contribution in [3.05, 3.63) is 29.3 Å². The van der Waals surface area contributed by atoms with Gasteiger partial charge in [-0.25, -0.2) is 0 Å². The lowest BCUT2D eigenvalue weighted by atomic mass is 9.76. The molecular weight excluding hydrogens is 258 g/mol. The molecule has 0 amide bonds. The minimum Gasteiger partial charge on any atom is -0.496 e. The molecule has 0 unspecified atom stereocenters. The summed E-state index contributed by atoms with van der Waals surface area (Å²) in [5.41, 5.74) is 3.05. The predicted octanol–water partition coefficient (Wildman–Crippen LogP) is 3.89. The molecule has 0 radical (unpaired) electrons. The van der Waals surface area contributed by atoms with Crippen LogP contribution in [0, 0.1) is 11.8 Å². The van der Waals surface area contributed by atoms with E-state index in [1.807, 2.05) is 7.11 Å². The van der Waals surface area contributed by atoms with Crippen molar-refractivity contribution in [1.29, 1.82) is 0 Å². The number of ether oxygens (including phenoxy) is 1. The molecule has 4 rings (SSSR count). The predicted molar refractivity (Wildman–Crippen MR) is 85.9 cm³/mol. The van der Waals surface area contributed by atoms with E-state index in [9.17, 15) is 0 Å². The number of benzene rings is 1. The van der Waals surface area contributed by atoms with Crippen LogP contribution >= 0.6 is 0 Å². The van der Waals surface area contributed by atoms with Gasteiger partial charge in [-0.05, 0) is 62.1 Å². The Hall–Kier alpha value is -1.02. The average Bonchev–Trinajstić information content (AvgIpc) is 3.40. The van der Waals surface area contributed by atoms with Crippen molar-refractivity contribution < 1.29 is 4.74 Å². The zero-order valence-corrected chi connectivity index (χ0v) is 13.1. The summed E-state index contributed by atoms with van der Waals surface area (Å²) >= 11 is 0. The molecule has 0 heterocycles. The molecule has 0 aliphatic heterocycles. The van der Waals surface area contributed by atoms with Crippen LogP contribution in [-0.4, -0.2) is 19.7 Å². The number of fused-ring (bicyclic) bond motifs is 1. The molecule has 2 nitrogen and oxygen atoms in total. The second kappa shape index (κ2) is 5.64. The van der Waals surface area contributed by atoms with E-state index < -0.39 is 0 Å². The van der Waals surface area contributed by atoms with Gasteiger partial charge in [-0.15, -0.1) is 0 Å². The van der Waals surface area contributed by atoms with Crippen LogP contribution in [0.3, 0.4) is 0 Å². The van der Waals surface area contributed by atoms with Crippen LogP contribution in [0.1, 0.15) is 55.6 Å². The summed E-state index contributed by atoms with van der Waals surface area (Å²) in [5.74, 6) is 3.72. The van der Waals surface area contributed by atoms with Gasteiger partial charge in [0.25, 0.3) is 0 Å². The molecule has 1 aromatic rings. The Labute approximate surface area is 128 Å². The van der Waals surface area contributed by atoms with Crippen molar-refractivity contribution in [2.45, 2.75) is 56.9 Å². The molecule has 0 saturated heterocycles. The van der Waals surface area contributed by atoms with Gasteiger partial charge in [-0.2, -0.15) is 0 Å². The summed E-state index contributed by atoms with van der Waals surface area (Å²) < 4.78 is 5.70. The van der Waals surface area contributed by atoms with E-state index in [0.29, 0.717) is 12.0 Å². The molecule has 3 aliphatic carbocycles. The Morgan fingerprint density at radius 3 is 2.62 bits per heavy atom. The number of rotatable bonds is 6. The van der Waals surface area contributed by atoms with Gasteiger partial charge >= 0.3 is 0 Å². The van der Waals surface area contributed by atoms with Crippen LogP contribution in [0.15, 0.2) is 18.2 Å². The maximum absolute atomic E-state index is 5.70. The first kappa shape index (κ1) is 13.6. The highest BCUT2D eigenvalue weighted by atomic mass is 16.5. The van der Waals surface area contributed by atoms with Gasteiger partial charge in [0.15, 0.2) is 0 Å². The fraction of sp³-hybridized carbons (Fsp3) is 0.684. The topological polar surface area (TPSA) is 21.3 Å². The van der Waals surface area contributed by atoms with Crippen molar-refractivity contribution in [2.75, 3.05) is 13.7 Å². The first-order chi connectivity index (χ1) is 10.3. The van der Waals surface area contributed by atoms with Crippen LogP contribution in [-0.2, 0) is 6.42 Å². The summed E-state index contributed by atoms with van der Waals surface area (Å²) in [5, 5.41) is 3.90. The van der Waals surface area contributed by atoms with Crippen molar-refractivity contribution in [3.8, 4) is 5.75 Å². The lowest BCUT2D eigenvalue weighted by Crippen LogP contribution is -2.39. The largest absolute Gasteiger partial charge is 0.496 e. The molecule has 21 heavy (non-hydrogen) atoms. The van der Waals surface area contributed by atoms with E-state index in [2.05, 4.69) is 23.5 Å². The molecule has 2 heteroatoms. The zero-order valence-electron chi connectivity index (χ0n) is 13.1. The Morgan fingerprint density at radius 2 is 1.90 bits per heavy atom. The second-order valence-electron chi connectivity index (χ2n) is 7.32. The van der Waals surface area contributed by atoms with Crippen LogP contribution in [0.2, 0.25) is 0 Å². The second-order valence-corrected chi connectivity index (χ2v) is 7.32. The minimum absolute atomic E-state index is 0.662. The van der Waals surface area contributed by atoms with Crippen LogP contribution in [0.5, 0.6) is 5.75 Å². The third-order valence-electron chi connectivity index (χ3n) is 5.61. The molecule has 2 saturated carbocycles. The normalized spacial score (nSPS) is 28.2. The summed E-state index contributed by atoms with van der Waals surface area (Å²) in [6.45, 7) is 1.23. The molecule has 114 valence electrons. The smallest absolute Gasteiger partial charge is 0.122 e. The van der Waals surface area contributed by atoms with Gasteiger partial charge in [-0.1, -0.05) is 25.0 Å². The first-order valence-corrected chi connectivity index (χ1v) is 8.74. The third kappa shape index (κ3) is 2.96. The lowest BCUT2D eigenvalue weighted by Gasteiger charge is -2.35. The SMILES string of the molecule is COc1cccc2c1[C@H](CC1CC1)[C@H](NCC1CC1)CC2. The Kier molecular flexibility index (Phi) is 3.66. The Balaban J connectivity index is 1.59. The highest BCUT2D eigenvalue weighted by Gasteiger charge is 2.36. The monoisotopic (exact) mass is 285 g/mol. The van der Waals surface area contributed by atoms with E-state index >= 15 is 0 Å². The molecule has 2 fully saturated rings. The fourth-order valence-corrected chi connectivity index (χ4v) is 4.00. The number of methoxy groups -OCH3 is 1. The number of nitrogens with one attached hydrogen (secondary N) is 1. The third-order valence-corrected chi connectivity index (χ3v) is 5.61. The molecule has 0 spiro atoms. The van der Waals surface area contributed by atoms with Crippen molar-refractivity contribution in [3.63, 3.8) is 0 Å². The number of hydrogen-bond donors (Lipinski definition) is 1. The molecule has 0 bridgehead atoms. The zero-order chi connectivity index (χ0) is 14.2. The Morgan fingerprint density at radius 1 is 1.10 bits per heavy atom. The fourth-order valence-electron chi connectivity index (χ4n) is 4.00. The van der Waals surface area contributed by atoms with Gasteiger partial charge in [0, 0.05) is 17.5 Å². The van der Waals surface area contributed by atoms with E-state index in [1.165, 1.54) is 62.6 Å². The van der Waals surface area contributed by atoms with E-state index in [0.717, 1.165) is 17.6 Å². The van der Waals surface area contributed by atoms with Gasteiger partial charge in [0.1, 0.15) is 5.75 Å². The van der Waals surface area contributed by atoms with Gasteiger partial charge in [0.2, 0.25) is 0 Å². The van der Waals surface area contributed by atoms with Gasteiger partial charge in [-0.3, -0.25) is 0 Å². The summed E-state index contributed by atoms with van der Waals surface area (Å²) in [6.07, 6.45) is 9.61. The number of aryl methyl sites for hydroxylation is 1. The van der Waals surface area contributed by atoms with Crippen molar-refractivity contribution in [1.82, 2.24) is 5.32 Å². The average molecular weight is 285 g/mol. The first-order valence-electron chi connectivity index (χ1n) is 8.74. The van der Waals surface area contributed by atoms with Crippen molar-refractivity contribution in [2.24, 2.45) is 11.8 Å². The highest BCUT2D eigenvalue weighted by Crippen LogP contribution is 2.46. The van der Waals surface area contributed by atoms with Crippen LogP contribution in [0.25, 0.3) is 0 Å².